The van der Waals surface area contributed by atoms with Gasteiger partial charge in [-0.3, -0.25) is 4.98 Å². The Morgan fingerprint density at radius 2 is 1.17 bits per heavy atom. The minimum atomic E-state index is -4.51. The molecule has 1 aromatic heterocycles. The zero-order chi connectivity index (χ0) is 28.9. The van der Waals surface area contributed by atoms with E-state index in [0.717, 1.165) is 34.0 Å². The van der Waals surface area contributed by atoms with E-state index in [9.17, 15) is 13.2 Å². The summed E-state index contributed by atoms with van der Waals surface area (Å²) in [6, 6.07) is 43.0. The van der Waals surface area contributed by atoms with E-state index in [4.69, 9.17) is 0 Å². The number of aromatic nitrogens is 1. The fourth-order valence-corrected chi connectivity index (χ4v) is 5.49. The number of hydrogen-bond acceptors (Lipinski definition) is 2. The Kier molecular flexibility index (Phi) is 7.74. The number of anilines is 1. The van der Waals surface area contributed by atoms with Gasteiger partial charge in [-0.05, 0) is 58.0 Å². The highest BCUT2D eigenvalue weighted by atomic mass is 19.4. The second kappa shape index (κ2) is 11.9. The highest BCUT2D eigenvalue weighted by molar-refractivity contribution is 5.98. The van der Waals surface area contributed by atoms with Gasteiger partial charge in [0.2, 0.25) is 0 Å². The molecule has 0 N–H and O–H groups in total. The Morgan fingerprint density at radius 1 is 0.595 bits per heavy atom. The molecular formula is C37H29F3N2. The number of rotatable bonds is 8. The third-order valence-electron chi connectivity index (χ3n) is 7.45. The normalized spacial score (nSPS) is 11.5. The van der Waals surface area contributed by atoms with Crippen molar-refractivity contribution in [2.24, 2.45) is 0 Å². The SMILES string of the molecule is FC(F)(F)c1cccc2c(-c3cccc(N(Cc4ccccc4)Cc4ccccc4)c3)c(Cc3ccccc3)cnc12. The Balaban J connectivity index is 1.50. The summed E-state index contributed by atoms with van der Waals surface area (Å²) in [5.41, 5.74) is 6.16. The summed E-state index contributed by atoms with van der Waals surface area (Å²) >= 11 is 0. The maximum absolute atomic E-state index is 14.0. The molecule has 1 heterocycles. The van der Waals surface area contributed by atoms with E-state index in [2.05, 4.69) is 46.3 Å². The highest BCUT2D eigenvalue weighted by Gasteiger charge is 2.33. The van der Waals surface area contributed by atoms with Crippen LogP contribution in [0.25, 0.3) is 22.0 Å². The van der Waals surface area contributed by atoms with Crippen molar-refractivity contribution >= 4 is 16.6 Å². The first-order valence-electron chi connectivity index (χ1n) is 13.9. The van der Waals surface area contributed by atoms with Crippen molar-refractivity contribution in [3.63, 3.8) is 0 Å². The van der Waals surface area contributed by atoms with E-state index >= 15 is 0 Å². The Morgan fingerprint density at radius 3 is 1.76 bits per heavy atom. The molecule has 0 saturated carbocycles. The second-order valence-electron chi connectivity index (χ2n) is 10.4. The molecule has 0 spiro atoms. The van der Waals surface area contributed by atoms with Crippen molar-refractivity contribution in [3.8, 4) is 11.1 Å². The van der Waals surface area contributed by atoms with Crippen molar-refractivity contribution in [3.05, 3.63) is 167 Å². The monoisotopic (exact) mass is 558 g/mol. The Labute approximate surface area is 243 Å². The van der Waals surface area contributed by atoms with E-state index in [1.54, 1.807) is 12.3 Å². The van der Waals surface area contributed by atoms with Gasteiger partial charge in [-0.15, -0.1) is 0 Å². The molecule has 5 heteroatoms. The van der Waals surface area contributed by atoms with Gasteiger partial charge in [0.25, 0.3) is 0 Å². The molecule has 0 aliphatic carbocycles. The molecule has 0 atom stereocenters. The maximum atomic E-state index is 14.0. The molecule has 0 bridgehead atoms. The lowest BCUT2D eigenvalue weighted by molar-refractivity contribution is -0.136. The molecule has 0 radical (unpaired) electrons. The number of fused-ring (bicyclic) bond motifs is 1. The summed E-state index contributed by atoms with van der Waals surface area (Å²) in [5.74, 6) is 0. The molecule has 208 valence electrons. The van der Waals surface area contributed by atoms with Crippen LogP contribution in [0.3, 0.4) is 0 Å². The predicted octanol–water partition coefficient (Wildman–Crippen LogP) is 9.72. The molecule has 6 rings (SSSR count). The van der Waals surface area contributed by atoms with Crippen LogP contribution in [-0.2, 0) is 25.7 Å². The minimum absolute atomic E-state index is 0.0346. The summed E-state index contributed by atoms with van der Waals surface area (Å²) in [4.78, 5) is 6.67. The number of pyridine rings is 1. The average Bonchev–Trinajstić information content (AvgIpc) is 3.01. The number of nitrogens with zero attached hydrogens (tertiary/aromatic N) is 2. The summed E-state index contributed by atoms with van der Waals surface area (Å²) in [6.45, 7) is 1.37. The number of alkyl halides is 3. The topological polar surface area (TPSA) is 16.1 Å². The second-order valence-corrected chi connectivity index (χ2v) is 10.4. The largest absolute Gasteiger partial charge is 0.418 e. The van der Waals surface area contributed by atoms with Gasteiger partial charge in [-0.1, -0.05) is 115 Å². The fourth-order valence-electron chi connectivity index (χ4n) is 5.49. The van der Waals surface area contributed by atoms with Gasteiger partial charge in [-0.2, -0.15) is 13.2 Å². The lowest BCUT2D eigenvalue weighted by atomic mass is 9.91. The van der Waals surface area contributed by atoms with Crippen LogP contribution in [0.15, 0.2) is 140 Å². The van der Waals surface area contributed by atoms with Crippen LogP contribution in [0.5, 0.6) is 0 Å². The van der Waals surface area contributed by atoms with Gasteiger partial charge < -0.3 is 4.90 Å². The number of benzene rings is 5. The summed E-state index contributed by atoms with van der Waals surface area (Å²) < 4.78 is 42.1. The van der Waals surface area contributed by atoms with Gasteiger partial charge in [0.05, 0.1) is 11.1 Å². The van der Waals surface area contributed by atoms with E-state index in [1.165, 1.54) is 17.2 Å². The highest BCUT2D eigenvalue weighted by Crippen LogP contribution is 2.40. The van der Waals surface area contributed by atoms with Crippen molar-refractivity contribution in [2.45, 2.75) is 25.7 Å². The molecule has 0 unspecified atom stereocenters. The van der Waals surface area contributed by atoms with Crippen LogP contribution in [0.1, 0.15) is 27.8 Å². The van der Waals surface area contributed by atoms with Crippen molar-refractivity contribution in [1.29, 1.82) is 0 Å². The molecule has 5 aromatic carbocycles. The quantitative estimate of drug-likeness (QED) is 0.185. The number of para-hydroxylation sites is 1. The molecule has 0 aliphatic heterocycles. The molecule has 0 saturated heterocycles. The third-order valence-corrected chi connectivity index (χ3v) is 7.45. The van der Waals surface area contributed by atoms with Gasteiger partial charge in [-0.25, -0.2) is 0 Å². The first-order valence-corrected chi connectivity index (χ1v) is 13.9. The molecule has 2 nitrogen and oxygen atoms in total. The summed E-state index contributed by atoms with van der Waals surface area (Å²) in [7, 11) is 0. The van der Waals surface area contributed by atoms with E-state index in [1.807, 2.05) is 78.9 Å². The van der Waals surface area contributed by atoms with Gasteiger partial charge in [0, 0.05) is 30.4 Å². The lowest BCUT2D eigenvalue weighted by Crippen LogP contribution is -2.22. The lowest BCUT2D eigenvalue weighted by Gasteiger charge is -2.26. The predicted molar refractivity (Wildman–Crippen MR) is 164 cm³/mol. The first-order chi connectivity index (χ1) is 20.5. The zero-order valence-electron chi connectivity index (χ0n) is 22.9. The van der Waals surface area contributed by atoms with E-state index in [-0.39, 0.29) is 5.52 Å². The molecule has 0 aliphatic rings. The van der Waals surface area contributed by atoms with Gasteiger partial charge in [0.1, 0.15) is 0 Å². The average molecular weight is 559 g/mol. The van der Waals surface area contributed by atoms with Crippen LogP contribution in [-0.4, -0.2) is 4.98 Å². The summed E-state index contributed by atoms with van der Waals surface area (Å²) in [5, 5.41) is 0.494. The molecule has 0 fully saturated rings. The van der Waals surface area contributed by atoms with Crippen LogP contribution >= 0.6 is 0 Å². The first kappa shape index (κ1) is 27.3. The van der Waals surface area contributed by atoms with Crippen molar-refractivity contribution in [1.82, 2.24) is 4.98 Å². The van der Waals surface area contributed by atoms with Crippen molar-refractivity contribution < 1.29 is 13.2 Å². The van der Waals surface area contributed by atoms with Gasteiger partial charge in [0.15, 0.2) is 0 Å². The number of halogens is 3. The maximum Gasteiger partial charge on any atom is 0.418 e. The Hall–Kier alpha value is -4.90. The van der Waals surface area contributed by atoms with Crippen LogP contribution < -0.4 is 4.90 Å². The van der Waals surface area contributed by atoms with Crippen LogP contribution in [0.2, 0.25) is 0 Å². The molecule has 6 aromatic rings. The fraction of sp³-hybridized carbons (Fsp3) is 0.108. The van der Waals surface area contributed by atoms with Crippen LogP contribution in [0.4, 0.5) is 18.9 Å². The summed E-state index contributed by atoms with van der Waals surface area (Å²) in [6.07, 6.45) is -2.34. The van der Waals surface area contributed by atoms with Gasteiger partial charge >= 0.3 is 6.18 Å². The Bertz CT molecular complexity index is 1740. The smallest absolute Gasteiger partial charge is 0.363 e. The molecule has 42 heavy (non-hydrogen) atoms. The van der Waals surface area contributed by atoms with Crippen molar-refractivity contribution in [2.75, 3.05) is 4.90 Å². The van der Waals surface area contributed by atoms with Crippen LogP contribution in [0, 0.1) is 0 Å². The number of hydrogen-bond donors (Lipinski definition) is 0. The standard InChI is InChI=1S/C37H29F3N2/c38-37(39,40)34-21-11-20-33-35(31(24-41-36(33)34)22-27-12-4-1-5-13-27)30-18-10-19-32(23-30)42(25-28-14-6-2-7-15-28)26-29-16-8-3-9-17-29/h1-21,23-24H,22,25-26H2. The molecular weight excluding hydrogens is 529 g/mol. The molecule has 0 amide bonds. The zero-order valence-corrected chi connectivity index (χ0v) is 22.9. The third kappa shape index (κ3) is 6.06. The van der Waals surface area contributed by atoms with E-state index in [0.29, 0.717) is 24.9 Å². The van der Waals surface area contributed by atoms with E-state index < -0.39 is 11.7 Å². The minimum Gasteiger partial charge on any atom is -0.363 e.